The Bertz CT molecular complexity index is 33.9. The van der Waals surface area contributed by atoms with Crippen molar-refractivity contribution in [3.05, 3.63) is 13.8 Å². The molecule has 0 saturated carbocycles. The molecule has 0 fully saturated rings. The summed E-state index contributed by atoms with van der Waals surface area (Å²) in [5, 5.41) is 0. The SMILES string of the molecule is O.O.[CH2-]CCCC.[CH2-]CCCC.[Zr+2]. The fourth-order valence-corrected chi connectivity index (χ4v) is 0.500. The molecule has 0 rings (SSSR count). The van der Waals surface area contributed by atoms with Gasteiger partial charge in [0.1, 0.15) is 0 Å². The van der Waals surface area contributed by atoms with Gasteiger partial charge in [-0.3, -0.25) is 0 Å². The first-order valence-corrected chi connectivity index (χ1v) is 4.41. The summed E-state index contributed by atoms with van der Waals surface area (Å²) in [4.78, 5) is 0. The summed E-state index contributed by atoms with van der Waals surface area (Å²) in [7, 11) is 0. The van der Waals surface area contributed by atoms with Gasteiger partial charge in [0.05, 0.1) is 0 Å². The van der Waals surface area contributed by atoms with Gasteiger partial charge in [0.2, 0.25) is 0 Å². The second-order valence-corrected chi connectivity index (χ2v) is 2.41. The molecule has 0 unspecified atom stereocenters. The molecular formula is C10H26O2Zr. The van der Waals surface area contributed by atoms with Crippen LogP contribution in [0.1, 0.15) is 52.4 Å². The van der Waals surface area contributed by atoms with Crippen LogP contribution < -0.4 is 0 Å². The van der Waals surface area contributed by atoms with Crippen LogP contribution in [0.3, 0.4) is 0 Å². The molecule has 0 spiro atoms. The van der Waals surface area contributed by atoms with E-state index in [1.165, 1.54) is 25.7 Å². The van der Waals surface area contributed by atoms with Crippen LogP contribution in [-0.2, 0) is 26.2 Å². The van der Waals surface area contributed by atoms with Crippen LogP contribution in [0.15, 0.2) is 0 Å². The fourth-order valence-electron chi connectivity index (χ4n) is 0.500. The summed E-state index contributed by atoms with van der Waals surface area (Å²) in [6, 6.07) is 0. The molecule has 0 atom stereocenters. The monoisotopic (exact) mass is 268 g/mol. The van der Waals surface area contributed by atoms with Crippen molar-refractivity contribution < 1.29 is 37.2 Å². The van der Waals surface area contributed by atoms with E-state index >= 15 is 0 Å². The van der Waals surface area contributed by atoms with Crippen LogP contribution in [0.2, 0.25) is 0 Å². The van der Waals surface area contributed by atoms with Gasteiger partial charge in [0.25, 0.3) is 0 Å². The van der Waals surface area contributed by atoms with Crippen molar-refractivity contribution in [2.45, 2.75) is 52.4 Å². The number of hydrogen-bond acceptors (Lipinski definition) is 0. The summed E-state index contributed by atoms with van der Waals surface area (Å²) in [6.45, 7) is 11.7. The van der Waals surface area contributed by atoms with Gasteiger partial charge in [-0.25, -0.2) is 0 Å². The topological polar surface area (TPSA) is 63.0 Å². The molecule has 0 bridgehead atoms. The molecule has 0 aromatic rings. The van der Waals surface area contributed by atoms with Crippen molar-refractivity contribution in [3.8, 4) is 0 Å². The summed E-state index contributed by atoms with van der Waals surface area (Å²) in [5.41, 5.74) is 0. The minimum Gasteiger partial charge on any atom is -0.412 e. The molecule has 4 N–H and O–H groups in total. The molecule has 0 aromatic carbocycles. The van der Waals surface area contributed by atoms with Gasteiger partial charge in [-0.1, -0.05) is 39.5 Å². The molecule has 0 aliphatic heterocycles. The maximum Gasteiger partial charge on any atom is 2.00 e. The zero-order chi connectivity index (χ0) is 8.24. The van der Waals surface area contributed by atoms with Gasteiger partial charge >= 0.3 is 26.2 Å². The Kier molecular flexibility index (Phi) is 86.6. The third-order valence-electron chi connectivity index (χ3n) is 1.21. The molecule has 0 heterocycles. The molecule has 13 heavy (non-hydrogen) atoms. The molecule has 0 radical (unpaired) electrons. The molecule has 2 nitrogen and oxygen atoms in total. The zero-order valence-corrected chi connectivity index (χ0v) is 11.6. The predicted octanol–water partition coefficient (Wildman–Crippen LogP) is 2.37. The summed E-state index contributed by atoms with van der Waals surface area (Å²) < 4.78 is 0. The zero-order valence-electron chi connectivity index (χ0n) is 9.16. The summed E-state index contributed by atoms with van der Waals surface area (Å²) in [5.74, 6) is 0. The van der Waals surface area contributed by atoms with Crippen LogP contribution in [0, 0.1) is 13.8 Å². The van der Waals surface area contributed by atoms with Gasteiger partial charge in [-0.05, 0) is 0 Å². The molecule has 0 amide bonds. The third-order valence-corrected chi connectivity index (χ3v) is 1.21. The van der Waals surface area contributed by atoms with E-state index < -0.39 is 0 Å². The second kappa shape index (κ2) is 38.5. The van der Waals surface area contributed by atoms with E-state index in [0.717, 1.165) is 12.8 Å². The molecule has 3 heteroatoms. The van der Waals surface area contributed by atoms with E-state index in [1.54, 1.807) is 0 Å². The second-order valence-electron chi connectivity index (χ2n) is 2.41. The van der Waals surface area contributed by atoms with Crippen molar-refractivity contribution in [1.29, 1.82) is 0 Å². The largest absolute Gasteiger partial charge is 2.00 e. The smallest absolute Gasteiger partial charge is 0.412 e. The van der Waals surface area contributed by atoms with Crippen LogP contribution in [0.4, 0.5) is 0 Å². The van der Waals surface area contributed by atoms with Crippen LogP contribution in [-0.4, -0.2) is 11.0 Å². The van der Waals surface area contributed by atoms with Crippen molar-refractivity contribution in [1.82, 2.24) is 0 Å². The molecule has 82 valence electrons. The Hall–Kier alpha value is 0.803. The Morgan fingerprint density at radius 3 is 1.00 bits per heavy atom. The third kappa shape index (κ3) is 64.8. The number of hydrogen-bond donors (Lipinski definition) is 0. The van der Waals surface area contributed by atoms with E-state index in [0.29, 0.717) is 0 Å². The quantitative estimate of drug-likeness (QED) is 0.704. The van der Waals surface area contributed by atoms with Crippen molar-refractivity contribution >= 4 is 0 Å². The first kappa shape index (κ1) is 29.2. The van der Waals surface area contributed by atoms with Crippen molar-refractivity contribution in [2.24, 2.45) is 0 Å². The predicted molar refractivity (Wildman–Crippen MR) is 57.0 cm³/mol. The van der Waals surface area contributed by atoms with Gasteiger partial charge in [0, 0.05) is 0 Å². The fraction of sp³-hybridized carbons (Fsp3) is 0.800. The minimum absolute atomic E-state index is 0. The number of unbranched alkanes of at least 4 members (excludes halogenated alkanes) is 4. The Labute approximate surface area is 103 Å². The molecule has 0 aliphatic rings. The maximum absolute atomic E-state index is 3.68. The van der Waals surface area contributed by atoms with E-state index in [4.69, 9.17) is 0 Å². The average molecular weight is 270 g/mol. The number of rotatable bonds is 4. The molecule has 0 aliphatic carbocycles. The molecule has 0 aromatic heterocycles. The Morgan fingerprint density at radius 1 is 0.769 bits per heavy atom. The van der Waals surface area contributed by atoms with Crippen molar-refractivity contribution in [3.63, 3.8) is 0 Å². The Morgan fingerprint density at radius 2 is 1.00 bits per heavy atom. The van der Waals surface area contributed by atoms with E-state index in [9.17, 15) is 0 Å². The van der Waals surface area contributed by atoms with E-state index in [1.807, 2.05) is 0 Å². The van der Waals surface area contributed by atoms with Gasteiger partial charge < -0.3 is 24.8 Å². The minimum atomic E-state index is 0. The van der Waals surface area contributed by atoms with E-state index in [-0.39, 0.29) is 37.2 Å². The van der Waals surface area contributed by atoms with Gasteiger partial charge in [-0.2, -0.15) is 12.8 Å². The van der Waals surface area contributed by atoms with E-state index in [2.05, 4.69) is 27.7 Å². The molecular weight excluding hydrogens is 243 g/mol. The Balaban J connectivity index is -0.0000000267. The normalized spacial score (nSPS) is 6.46. The average Bonchev–Trinajstić information content (AvgIpc) is 1.93. The molecule has 0 saturated heterocycles. The van der Waals surface area contributed by atoms with Crippen LogP contribution in [0.5, 0.6) is 0 Å². The maximum atomic E-state index is 3.68. The standard InChI is InChI=1S/2C5H11.2H2O.Zr/c2*1-3-5-4-2;;;/h2*1,3-5H2,2H3;2*1H2;/q2*-1;;;+2. The van der Waals surface area contributed by atoms with Crippen molar-refractivity contribution in [2.75, 3.05) is 0 Å². The van der Waals surface area contributed by atoms with Gasteiger partial charge in [0.15, 0.2) is 0 Å². The van der Waals surface area contributed by atoms with Gasteiger partial charge in [-0.15, -0.1) is 0 Å². The van der Waals surface area contributed by atoms with Crippen LogP contribution in [0.25, 0.3) is 0 Å². The first-order chi connectivity index (χ1) is 4.83. The summed E-state index contributed by atoms with van der Waals surface area (Å²) in [6.07, 6.45) is 7.31. The first-order valence-electron chi connectivity index (χ1n) is 4.41. The van der Waals surface area contributed by atoms with Crippen LogP contribution >= 0.6 is 0 Å². The summed E-state index contributed by atoms with van der Waals surface area (Å²) >= 11 is 0.